The minimum atomic E-state index is 0. The topological polar surface area (TPSA) is 47.1 Å². The molecular formula is C12H25ClN4. The highest BCUT2D eigenvalue weighted by Crippen LogP contribution is 2.13. The molecule has 1 rings (SSSR count). The molecule has 4 nitrogen and oxygen atoms in total. The van der Waals surface area contributed by atoms with E-state index in [1.807, 2.05) is 10.9 Å². The van der Waals surface area contributed by atoms with Crippen LogP contribution in [0.2, 0.25) is 0 Å². The van der Waals surface area contributed by atoms with Gasteiger partial charge in [-0.15, -0.1) is 12.4 Å². The van der Waals surface area contributed by atoms with Crippen LogP contribution in [0.3, 0.4) is 0 Å². The summed E-state index contributed by atoms with van der Waals surface area (Å²) in [6.45, 7) is 10.1. The fraction of sp³-hybridized carbons (Fsp3) is 0.750. The van der Waals surface area contributed by atoms with Crippen LogP contribution in [0.5, 0.6) is 0 Å². The summed E-state index contributed by atoms with van der Waals surface area (Å²) in [5.74, 6) is 0. The Labute approximate surface area is 111 Å². The van der Waals surface area contributed by atoms with Gasteiger partial charge in [0.25, 0.3) is 0 Å². The summed E-state index contributed by atoms with van der Waals surface area (Å²) >= 11 is 0. The summed E-state index contributed by atoms with van der Waals surface area (Å²) in [6.07, 6.45) is 3.96. The van der Waals surface area contributed by atoms with E-state index in [0.29, 0.717) is 0 Å². The Balaban J connectivity index is 0.00000256. The minimum absolute atomic E-state index is 0. The van der Waals surface area contributed by atoms with Gasteiger partial charge in [-0.05, 0) is 31.5 Å². The zero-order valence-corrected chi connectivity index (χ0v) is 12.1. The van der Waals surface area contributed by atoms with Gasteiger partial charge in [-0.1, -0.05) is 13.8 Å². The number of aryl methyl sites for hydroxylation is 1. The third-order valence-electron chi connectivity index (χ3n) is 2.72. The van der Waals surface area contributed by atoms with E-state index in [9.17, 15) is 0 Å². The van der Waals surface area contributed by atoms with Crippen LogP contribution in [0, 0.1) is 12.3 Å². The lowest BCUT2D eigenvalue weighted by atomic mass is 9.93. The quantitative estimate of drug-likeness (QED) is 0.844. The monoisotopic (exact) mass is 260 g/mol. The molecule has 0 unspecified atom stereocenters. The fourth-order valence-corrected chi connectivity index (χ4v) is 1.74. The maximum Gasteiger partial charge on any atom is 0.0536 e. The molecule has 1 heterocycles. The number of likely N-dealkylation sites (N-methyl/N-ethyl adjacent to an activating group) is 1. The number of nitrogens with zero attached hydrogens (tertiary/aromatic N) is 3. The maximum atomic E-state index is 5.72. The first-order valence-electron chi connectivity index (χ1n) is 5.81. The first-order chi connectivity index (χ1) is 7.43. The first-order valence-corrected chi connectivity index (χ1v) is 5.81. The summed E-state index contributed by atoms with van der Waals surface area (Å²) in [7, 11) is 2.13. The van der Waals surface area contributed by atoms with Crippen molar-refractivity contribution < 1.29 is 0 Å². The molecule has 0 fully saturated rings. The predicted molar refractivity (Wildman–Crippen MR) is 74.5 cm³/mol. The molecule has 0 radical (unpaired) electrons. The molecule has 0 aliphatic heterocycles. The van der Waals surface area contributed by atoms with E-state index in [2.05, 4.69) is 44.0 Å². The molecule has 1 aromatic heterocycles. The lowest BCUT2D eigenvalue weighted by molar-refractivity contribution is 0.208. The summed E-state index contributed by atoms with van der Waals surface area (Å²) in [5.41, 5.74) is 7.12. The van der Waals surface area contributed by atoms with E-state index < -0.39 is 0 Å². The van der Waals surface area contributed by atoms with Gasteiger partial charge >= 0.3 is 0 Å². The zero-order chi connectivity index (χ0) is 12.2. The van der Waals surface area contributed by atoms with Gasteiger partial charge in [0.15, 0.2) is 0 Å². The van der Waals surface area contributed by atoms with Crippen molar-refractivity contribution in [2.24, 2.45) is 11.1 Å². The first kappa shape index (κ1) is 16.4. The molecule has 0 atom stereocenters. The van der Waals surface area contributed by atoms with E-state index in [0.717, 1.165) is 26.2 Å². The fourth-order valence-electron chi connectivity index (χ4n) is 1.74. The Kier molecular flexibility index (Phi) is 6.75. The predicted octanol–water partition coefficient (Wildman–Crippen LogP) is 1.53. The van der Waals surface area contributed by atoms with Crippen LogP contribution in [0.1, 0.15) is 19.4 Å². The standard InChI is InChI=1S/C12H24N4.ClH/c1-11-7-14-16(8-11)6-5-15(4)10-12(2,3)9-13;/h7-8H,5-6,9-10,13H2,1-4H3;1H. The number of nitrogens with two attached hydrogens (primary N) is 1. The van der Waals surface area contributed by atoms with Crippen molar-refractivity contribution in [2.75, 3.05) is 26.7 Å². The van der Waals surface area contributed by atoms with Crippen LogP contribution < -0.4 is 5.73 Å². The van der Waals surface area contributed by atoms with Crippen LogP contribution >= 0.6 is 12.4 Å². The van der Waals surface area contributed by atoms with Gasteiger partial charge in [-0.2, -0.15) is 5.10 Å². The van der Waals surface area contributed by atoms with Gasteiger partial charge in [0, 0.05) is 19.3 Å². The third kappa shape index (κ3) is 6.05. The maximum absolute atomic E-state index is 5.72. The summed E-state index contributed by atoms with van der Waals surface area (Å²) in [6, 6.07) is 0. The second-order valence-corrected chi connectivity index (χ2v) is 5.39. The Bertz CT molecular complexity index is 322. The Hall–Kier alpha value is -0.580. The van der Waals surface area contributed by atoms with E-state index >= 15 is 0 Å². The molecule has 0 amide bonds. The second kappa shape index (κ2) is 6.99. The Morgan fingerprint density at radius 1 is 1.47 bits per heavy atom. The van der Waals surface area contributed by atoms with E-state index in [4.69, 9.17) is 5.73 Å². The lowest BCUT2D eigenvalue weighted by Crippen LogP contribution is -2.38. The molecule has 0 spiro atoms. The van der Waals surface area contributed by atoms with Crippen molar-refractivity contribution in [1.82, 2.24) is 14.7 Å². The van der Waals surface area contributed by atoms with Crippen molar-refractivity contribution in [3.63, 3.8) is 0 Å². The number of halogens is 1. The normalized spacial score (nSPS) is 11.6. The smallest absolute Gasteiger partial charge is 0.0536 e. The Morgan fingerprint density at radius 3 is 2.59 bits per heavy atom. The average Bonchev–Trinajstić information content (AvgIpc) is 2.61. The van der Waals surface area contributed by atoms with Crippen molar-refractivity contribution >= 4 is 12.4 Å². The van der Waals surface area contributed by atoms with Crippen molar-refractivity contribution in [2.45, 2.75) is 27.3 Å². The molecule has 0 saturated heterocycles. The Morgan fingerprint density at radius 2 is 2.12 bits per heavy atom. The van der Waals surface area contributed by atoms with Gasteiger partial charge < -0.3 is 10.6 Å². The minimum Gasteiger partial charge on any atom is -0.330 e. The van der Waals surface area contributed by atoms with Crippen molar-refractivity contribution in [3.05, 3.63) is 18.0 Å². The van der Waals surface area contributed by atoms with Crippen LogP contribution in [0.15, 0.2) is 12.4 Å². The van der Waals surface area contributed by atoms with Crippen molar-refractivity contribution in [1.29, 1.82) is 0 Å². The SMILES string of the molecule is Cc1cnn(CCN(C)CC(C)(C)CN)c1.Cl. The van der Waals surface area contributed by atoms with Gasteiger partial charge in [-0.3, -0.25) is 4.68 Å². The molecular weight excluding hydrogens is 236 g/mol. The lowest BCUT2D eigenvalue weighted by Gasteiger charge is -2.28. The molecule has 0 aliphatic rings. The molecule has 1 aromatic rings. The van der Waals surface area contributed by atoms with Crippen LogP contribution in [-0.2, 0) is 6.54 Å². The third-order valence-corrected chi connectivity index (χ3v) is 2.72. The van der Waals surface area contributed by atoms with Gasteiger partial charge in [0.1, 0.15) is 0 Å². The molecule has 0 saturated carbocycles. The zero-order valence-electron chi connectivity index (χ0n) is 11.3. The molecule has 0 bridgehead atoms. The van der Waals surface area contributed by atoms with Crippen LogP contribution in [0.25, 0.3) is 0 Å². The highest BCUT2D eigenvalue weighted by molar-refractivity contribution is 5.85. The van der Waals surface area contributed by atoms with Crippen LogP contribution in [0.4, 0.5) is 0 Å². The molecule has 2 N–H and O–H groups in total. The number of hydrogen-bond donors (Lipinski definition) is 1. The second-order valence-electron chi connectivity index (χ2n) is 5.39. The van der Waals surface area contributed by atoms with E-state index in [-0.39, 0.29) is 17.8 Å². The van der Waals surface area contributed by atoms with Crippen LogP contribution in [-0.4, -0.2) is 41.4 Å². The average molecular weight is 261 g/mol. The molecule has 0 aliphatic carbocycles. The van der Waals surface area contributed by atoms with Gasteiger partial charge in [0.2, 0.25) is 0 Å². The molecule has 100 valence electrons. The number of aromatic nitrogens is 2. The van der Waals surface area contributed by atoms with Gasteiger partial charge in [-0.25, -0.2) is 0 Å². The largest absolute Gasteiger partial charge is 0.330 e. The summed E-state index contributed by atoms with van der Waals surface area (Å²) in [4.78, 5) is 2.31. The highest BCUT2D eigenvalue weighted by Gasteiger charge is 2.17. The molecule has 5 heteroatoms. The summed E-state index contributed by atoms with van der Waals surface area (Å²) in [5, 5.41) is 4.27. The summed E-state index contributed by atoms with van der Waals surface area (Å²) < 4.78 is 1.99. The van der Waals surface area contributed by atoms with Gasteiger partial charge in [0.05, 0.1) is 12.7 Å². The van der Waals surface area contributed by atoms with E-state index in [1.165, 1.54) is 5.56 Å². The molecule has 17 heavy (non-hydrogen) atoms. The number of hydrogen-bond acceptors (Lipinski definition) is 3. The number of rotatable bonds is 6. The van der Waals surface area contributed by atoms with E-state index in [1.54, 1.807) is 0 Å². The highest BCUT2D eigenvalue weighted by atomic mass is 35.5. The molecule has 0 aromatic carbocycles. The van der Waals surface area contributed by atoms with Crippen molar-refractivity contribution in [3.8, 4) is 0 Å².